The van der Waals surface area contributed by atoms with Gasteiger partial charge in [0.2, 0.25) is 5.89 Å². The number of fused-ring (bicyclic) bond motifs is 1. The van der Waals surface area contributed by atoms with Gasteiger partial charge in [0.25, 0.3) is 0 Å². The molecule has 0 saturated heterocycles. The van der Waals surface area contributed by atoms with E-state index in [1.54, 1.807) is 6.07 Å². The molecule has 5 nitrogen and oxygen atoms in total. The third-order valence-electron chi connectivity index (χ3n) is 3.76. The standard InChI is InChI=1S/C19H19NO4/c1-19(2,3)13-5-7-14(8-6-13)23-11-17-20-15-9-4-12(18(21)22)10-16(15)24-17/h4-10H,11H2,1-3H3,(H,21,22). The molecule has 0 aliphatic heterocycles. The quantitative estimate of drug-likeness (QED) is 0.769. The van der Waals surface area contributed by atoms with Crippen molar-refractivity contribution >= 4 is 17.1 Å². The van der Waals surface area contributed by atoms with Gasteiger partial charge in [-0.05, 0) is 41.3 Å². The second-order valence-corrected chi connectivity index (χ2v) is 6.66. The average Bonchev–Trinajstić information content (AvgIpc) is 2.94. The van der Waals surface area contributed by atoms with Gasteiger partial charge in [0.1, 0.15) is 11.3 Å². The molecule has 1 N–H and O–H groups in total. The van der Waals surface area contributed by atoms with Crippen LogP contribution in [-0.2, 0) is 12.0 Å². The zero-order valence-corrected chi connectivity index (χ0v) is 13.9. The molecular weight excluding hydrogens is 306 g/mol. The summed E-state index contributed by atoms with van der Waals surface area (Å²) in [6.45, 7) is 6.66. The molecule has 0 bridgehead atoms. The number of hydrogen-bond acceptors (Lipinski definition) is 4. The van der Waals surface area contributed by atoms with Crippen LogP contribution in [0, 0.1) is 0 Å². The minimum absolute atomic E-state index is 0.0979. The highest BCUT2D eigenvalue weighted by Gasteiger charge is 2.13. The zero-order chi connectivity index (χ0) is 17.3. The maximum atomic E-state index is 11.0. The molecule has 0 saturated carbocycles. The summed E-state index contributed by atoms with van der Waals surface area (Å²) in [7, 11) is 0. The fourth-order valence-electron chi connectivity index (χ4n) is 2.36. The molecule has 0 radical (unpaired) electrons. The fraction of sp³-hybridized carbons (Fsp3) is 0.263. The maximum absolute atomic E-state index is 11.0. The Labute approximate surface area is 139 Å². The Balaban J connectivity index is 1.72. The van der Waals surface area contributed by atoms with Gasteiger partial charge in [-0.3, -0.25) is 0 Å². The van der Waals surface area contributed by atoms with Gasteiger partial charge in [-0.2, -0.15) is 0 Å². The van der Waals surface area contributed by atoms with Gasteiger partial charge in [-0.1, -0.05) is 32.9 Å². The summed E-state index contributed by atoms with van der Waals surface area (Å²) >= 11 is 0. The Hall–Kier alpha value is -2.82. The molecule has 3 rings (SSSR count). The van der Waals surface area contributed by atoms with E-state index >= 15 is 0 Å². The Kier molecular flexibility index (Phi) is 4.01. The van der Waals surface area contributed by atoms with E-state index in [0.29, 0.717) is 17.0 Å². The number of hydrogen-bond donors (Lipinski definition) is 1. The van der Waals surface area contributed by atoms with Gasteiger partial charge in [0, 0.05) is 0 Å². The SMILES string of the molecule is CC(C)(C)c1ccc(OCc2nc3ccc(C(=O)O)cc3o2)cc1. The molecule has 0 atom stereocenters. The first-order valence-electron chi connectivity index (χ1n) is 7.69. The van der Waals surface area contributed by atoms with Gasteiger partial charge in [-0.25, -0.2) is 9.78 Å². The molecule has 2 aromatic carbocycles. The molecule has 0 amide bonds. The van der Waals surface area contributed by atoms with Crippen LogP contribution in [0.4, 0.5) is 0 Å². The molecule has 0 unspecified atom stereocenters. The summed E-state index contributed by atoms with van der Waals surface area (Å²) in [4.78, 5) is 15.3. The van der Waals surface area contributed by atoms with E-state index in [-0.39, 0.29) is 17.6 Å². The number of nitrogens with zero attached hydrogens (tertiary/aromatic N) is 1. The van der Waals surface area contributed by atoms with Crippen molar-refractivity contribution in [2.24, 2.45) is 0 Å². The highest BCUT2D eigenvalue weighted by Crippen LogP contribution is 2.25. The Morgan fingerprint density at radius 3 is 2.50 bits per heavy atom. The molecule has 1 heterocycles. The van der Waals surface area contributed by atoms with E-state index in [0.717, 1.165) is 5.75 Å². The fourth-order valence-corrected chi connectivity index (χ4v) is 2.36. The first kappa shape index (κ1) is 16.1. The summed E-state index contributed by atoms with van der Waals surface area (Å²) in [6.07, 6.45) is 0. The first-order chi connectivity index (χ1) is 11.3. The molecular formula is C19H19NO4. The van der Waals surface area contributed by atoms with Crippen molar-refractivity contribution in [1.29, 1.82) is 0 Å². The summed E-state index contributed by atoms with van der Waals surface area (Å²) in [5.74, 6) is 0.147. The Bertz CT molecular complexity index is 873. The van der Waals surface area contributed by atoms with E-state index in [1.807, 2.05) is 24.3 Å². The van der Waals surface area contributed by atoms with E-state index in [2.05, 4.69) is 25.8 Å². The van der Waals surface area contributed by atoms with Crippen LogP contribution >= 0.6 is 0 Å². The number of ether oxygens (including phenoxy) is 1. The van der Waals surface area contributed by atoms with Crippen LogP contribution in [0.2, 0.25) is 0 Å². The summed E-state index contributed by atoms with van der Waals surface area (Å²) in [6, 6.07) is 12.5. The van der Waals surface area contributed by atoms with E-state index < -0.39 is 5.97 Å². The molecule has 5 heteroatoms. The smallest absolute Gasteiger partial charge is 0.335 e. The van der Waals surface area contributed by atoms with Crippen LogP contribution in [0.3, 0.4) is 0 Å². The van der Waals surface area contributed by atoms with Crippen LogP contribution in [0.15, 0.2) is 46.9 Å². The van der Waals surface area contributed by atoms with E-state index in [1.165, 1.54) is 17.7 Å². The van der Waals surface area contributed by atoms with Crippen molar-refractivity contribution in [2.75, 3.05) is 0 Å². The lowest BCUT2D eigenvalue weighted by molar-refractivity contribution is 0.0697. The lowest BCUT2D eigenvalue weighted by Crippen LogP contribution is -2.10. The minimum atomic E-state index is -0.995. The molecule has 0 aliphatic carbocycles. The number of rotatable bonds is 4. The third kappa shape index (κ3) is 3.40. The highest BCUT2D eigenvalue weighted by atomic mass is 16.5. The molecule has 1 aromatic heterocycles. The summed E-state index contributed by atoms with van der Waals surface area (Å²) in [5.41, 5.74) is 2.56. The van der Waals surface area contributed by atoms with Gasteiger partial charge < -0.3 is 14.3 Å². The van der Waals surface area contributed by atoms with Crippen molar-refractivity contribution in [3.8, 4) is 5.75 Å². The van der Waals surface area contributed by atoms with E-state index in [4.69, 9.17) is 14.3 Å². The second kappa shape index (κ2) is 6.00. The average molecular weight is 325 g/mol. The molecule has 24 heavy (non-hydrogen) atoms. The summed E-state index contributed by atoms with van der Waals surface area (Å²) in [5, 5.41) is 9.00. The Morgan fingerprint density at radius 2 is 1.88 bits per heavy atom. The topological polar surface area (TPSA) is 72.6 Å². The second-order valence-electron chi connectivity index (χ2n) is 6.66. The number of carboxylic acid groups (broad SMARTS) is 1. The van der Waals surface area contributed by atoms with Crippen LogP contribution in [-0.4, -0.2) is 16.1 Å². The van der Waals surface area contributed by atoms with Crippen LogP contribution in [0.25, 0.3) is 11.1 Å². The molecule has 0 fully saturated rings. The largest absolute Gasteiger partial charge is 0.484 e. The van der Waals surface area contributed by atoms with Crippen molar-refractivity contribution in [2.45, 2.75) is 32.8 Å². The Morgan fingerprint density at radius 1 is 1.17 bits per heavy atom. The lowest BCUT2D eigenvalue weighted by Gasteiger charge is -2.19. The number of oxazole rings is 1. The van der Waals surface area contributed by atoms with E-state index in [9.17, 15) is 4.79 Å². The highest BCUT2D eigenvalue weighted by molar-refractivity contribution is 5.91. The number of carbonyl (C=O) groups is 1. The number of carboxylic acids is 1. The van der Waals surface area contributed by atoms with Crippen molar-refractivity contribution in [3.05, 3.63) is 59.5 Å². The predicted octanol–water partition coefficient (Wildman–Crippen LogP) is 4.40. The number of benzene rings is 2. The van der Waals surface area contributed by atoms with Gasteiger partial charge in [-0.15, -0.1) is 0 Å². The van der Waals surface area contributed by atoms with Gasteiger partial charge in [0.15, 0.2) is 12.2 Å². The molecule has 3 aromatic rings. The molecule has 0 spiro atoms. The van der Waals surface area contributed by atoms with Crippen LogP contribution in [0.1, 0.15) is 42.6 Å². The van der Waals surface area contributed by atoms with Crippen molar-refractivity contribution in [3.63, 3.8) is 0 Å². The maximum Gasteiger partial charge on any atom is 0.335 e. The third-order valence-corrected chi connectivity index (χ3v) is 3.76. The lowest BCUT2D eigenvalue weighted by atomic mass is 9.87. The normalized spacial score (nSPS) is 11.6. The van der Waals surface area contributed by atoms with Crippen molar-refractivity contribution in [1.82, 2.24) is 4.98 Å². The summed E-state index contributed by atoms with van der Waals surface area (Å²) < 4.78 is 11.3. The molecule has 124 valence electrons. The zero-order valence-electron chi connectivity index (χ0n) is 13.9. The first-order valence-corrected chi connectivity index (χ1v) is 7.69. The van der Waals surface area contributed by atoms with Gasteiger partial charge in [0.05, 0.1) is 5.56 Å². The van der Waals surface area contributed by atoms with Crippen molar-refractivity contribution < 1.29 is 19.1 Å². The van der Waals surface area contributed by atoms with Crippen LogP contribution < -0.4 is 4.74 Å². The van der Waals surface area contributed by atoms with Crippen LogP contribution in [0.5, 0.6) is 5.75 Å². The molecule has 0 aliphatic rings. The minimum Gasteiger partial charge on any atom is -0.484 e. The monoisotopic (exact) mass is 325 g/mol. The van der Waals surface area contributed by atoms with Gasteiger partial charge >= 0.3 is 5.97 Å². The number of aromatic carboxylic acids is 1. The number of aromatic nitrogens is 1. The predicted molar refractivity (Wildman–Crippen MR) is 90.4 cm³/mol.